The number of amides is 1. The molecular formula is C23H30N2O5. The van der Waals surface area contributed by atoms with E-state index in [4.69, 9.17) is 14.2 Å². The van der Waals surface area contributed by atoms with Crippen molar-refractivity contribution in [3.63, 3.8) is 0 Å². The van der Waals surface area contributed by atoms with Crippen LogP contribution in [0.1, 0.15) is 37.8 Å². The SMILES string of the molecule is COc1ccc(OCCn2ccc(=O)c(OCC(=O)NC3CCCCC3)c2C)cc1. The molecule has 7 heteroatoms. The first-order chi connectivity index (χ1) is 14.6. The minimum absolute atomic E-state index is 0.154. The van der Waals surface area contributed by atoms with E-state index in [1.54, 1.807) is 13.3 Å². The van der Waals surface area contributed by atoms with Crippen LogP contribution in [-0.4, -0.2) is 36.8 Å². The highest BCUT2D eigenvalue weighted by molar-refractivity contribution is 5.77. The predicted molar refractivity (Wildman–Crippen MR) is 114 cm³/mol. The summed E-state index contributed by atoms with van der Waals surface area (Å²) in [4.78, 5) is 24.4. The first-order valence-corrected chi connectivity index (χ1v) is 10.5. The van der Waals surface area contributed by atoms with Crippen LogP contribution >= 0.6 is 0 Å². The van der Waals surface area contributed by atoms with Crippen LogP contribution in [0, 0.1) is 6.92 Å². The van der Waals surface area contributed by atoms with Gasteiger partial charge in [0.2, 0.25) is 5.43 Å². The topological polar surface area (TPSA) is 78.8 Å². The van der Waals surface area contributed by atoms with Crippen molar-refractivity contribution in [3.8, 4) is 17.2 Å². The molecule has 1 fully saturated rings. The average Bonchev–Trinajstić information content (AvgIpc) is 2.76. The summed E-state index contributed by atoms with van der Waals surface area (Å²) in [6.07, 6.45) is 7.26. The Kier molecular flexibility index (Phi) is 7.76. The lowest BCUT2D eigenvalue weighted by Gasteiger charge is -2.22. The van der Waals surface area contributed by atoms with Crippen LogP contribution in [-0.2, 0) is 11.3 Å². The molecule has 0 unspecified atom stereocenters. The number of pyridine rings is 1. The van der Waals surface area contributed by atoms with Crippen molar-refractivity contribution in [1.29, 1.82) is 0 Å². The minimum atomic E-state index is -0.231. The molecule has 1 aliphatic rings. The van der Waals surface area contributed by atoms with Gasteiger partial charge in [-0.3, -0.25) is 9.59 Å². The molecule has 1 aromatic heterocycles. The van der Waals surface area contributed by atoms with Crippen molar-refractivity contribution in [2.45, 2.75) is 51.6 Å². The number of hydrogen-bond acceptors (Lipinski definition) is 5. The van der Waals surface area contributed by atoms with Crippen LogP contribution in [0.4, 0.5) is 0 Å². The number of rotatable bonds is 9. The van der Waals surface area contributed by atoms with E-state index in [1.165, 1.54) is 12.5 Å². The summed E-state index contributed by atoms with van der Waals surface area (Å²) in [6.45, 7) is 2.63. The predicted octanol–water partition coefficient (Wildman–Crippen LogP) is 3.07. The summed E-state index contributed by atoms with van der Waals surface area (Å²) < 4.78 is 18.4. The van der Waals surface area contributed by atoms with E-state index in [0.29, 0.717) is 18.8 Å². The van der Waals surface area contributed by atoms with Gasteiger partial charge in [-0.2, -0.15) is 0 Å². The van der Waals surface area contributed by atoms with E-state index in [2.05, 4.69) is 5.32 Å². The number of methoxy groups -OCH3 is 1. The van der Waals surface area contributed by atoms with Crippen LogP contribution in [0.15, 0.2) is 41.3 Å². The molecule has 162 valence electrons. The molecule has 0 saturated heterocycles. The molecule has 2 aromatic rings. The summed E-state index contributed by atoms with van der Waals surface area (Å²) in [6, 6.07) is 9.04. The fraction of sp³-hybridized carbons (Fsp3) is 0.478. The highest BCUT2D eigenvalue weighted by Crippen LogP contribution is 2.18. The van der Waals surface area contributed by atoms with Crippen LogP contribution in [0.2, 0.25) is 0 Å². The fourth-order valence-electron chi connectivity index (χ4n) is 3.66. The molecule has 1 aliphatic carbocycles. The van der Waals surface area contributed by atoms with E-state index in [1.807, 2.05) is 35.8 Å². The first-order valence-electron chi connectivity index (χ1n) is 10.5. The third kappa shape index (κ3) is 6.02. The van der Waals surface area contributed by atoms with Gasteiger partial charge < -0.3 is 24.1 Å². The number of nitrogens with one attached hydrogen (secondary N) is 1. The molecular weight excluding hydrogens is 384 g/mol. The lowest BCUT2D eigenvalue weighted by molar-refractivity contribution is -0.124. The van der Waals surface area contributed by atoms with Gasteiger partial charge in [-0.1, -0.05) is 19.3 Å². The molecule has 1 saturated carbocycles. The lowest BCUT2D eigenvalue weighted by atomic mass is 9.95. The van der Waals surface area contributed by atoms with Crippen molar-refractivity contribution in [2.75, 3.05) is 20.3 Å². The van der Waals surface area contributed by atoms with Gasteiger partial charge in [0, 0.05) is 18.3 Å². The van der Waals surface area contributed by atoms with Crippen LogP contribution < -0.4 is 25.0 Å². The van der Waals surface area contributed by atoms with Gasteiger partial charge in [-0.05, 0) is 44.0 Å². The van der Waals surface area contributed by atoms with E-state index in [9.17, 15) is 9.59 Å². The fourth-order valence-corrected chi connectivity index (χ4v) is 3.66. The van der Waals surface area contributed by atoms with E-state index in [0.717, 1.165) is 37.2 Å². The van der Waals surface area contributed by atoms with Crippen molar-refractivity contribution in [3.05, 3.63) is 52.4 Å². The zero-order chi connectivity index (χ0) is 21.3. The zero-order valence-electron chi connectivity index (χ0n) is 17.7. The summed E-state index contributed by atoms with van der Waals surface area (Å²) in [7, 11) is 1.62. The zero-order valence-corrected chi connectivity index (χ0v) is 17.7. The second kappa shape index (κ2) is 10.7. The van der Waals surface area contributed by atoms with Gasteiger partial charge in [-0.15, -0.1) is 0 Å². The Morgan fingerprint density at radius 2 is 1.77 bits per heavy atom. The lowest BCUT2D eigenvalue weighted by Crippen LogP contribution is -2.39. The second-order valence-electron chi connectivity index (χ2n) is 7.50. The molecule has 1 heterocycles. The van der Waals surface area contributed by atoms with Gasteiger partial charge in [0.1, 0.15) is 18.1 Å². The normalized spacial score (nSPS) is 14.2. The average molecular weight is 415 g/mol. The summed E-state index contributed by atoms with van der Waals surface area (Å²) in [5.41, 5.74) is 0.441. The number of benzene rings is 1. The van der Waals surface area contributed by atoms with Crippen LogP contribution in [0.5, 0.6) is 17.2 Å². The molecule has 1 N–H and O–H groups in total. The van der Waals surface area contributed by atoms with Gasteiger partial charge in [0.25, 0.3) is 5.91 Å². The standard InChI is InChI=1S/C23H30N2O5/c1-17-23(30-16-22(27)24-18-6-4-3-5-7-18)21(26)12-13-25(17)14-15-29-20-10-8-19(28-2)9-11-20/h8-13,18H,3-7,14-16H2,1-2H3,(H,24,27). The Hall–Kier alpha value is -2.96. The van der Waals surface area contributed by atoms with Crippen molar-refractivity contribution in [2.24, 2.45) is 0 Å². The van der Waals surface area contributed by atoms with Crippen molar-refractivity contribution < 1.29 is 19.0 Å². The molecule has 7 nitrogen and oxygen atoms in total. The molecule has 0 aliphatic heterocycles. The third-order valence-electron chi connectivity index (χ3n) is 5.37. The van der Waals surface area contributed by atoms with Gasteiger partial charge in [-0.25, -0.2) is 0 Å². The highest BCUT2D eigenvalue weighted by Gasteiger charge is 2.17. The molecule has 0 spiro atoms. The van der Waals surface area contributed by atoms with Crippen LogP contribution in [0.3, 0.4) is 0 Å². The summed E-state index contributed by atoms with van der Waals surface area (Å²) >= 11 is 0. The summed E-state index contributed by atoms with van der Waals surface area (Å²) in [5, 5.41) is 3.00. The highest BCUT2D eigenvalue weighted by atomic mass is 16.5. The third-order valence-corrected chi connectivity index (χ3v) is 5.37. The van der Waals surface area contributed by atoms with Gasteiger partial charge >= 0.3 is 0 Å². The molecule has 1 amide bonds. The molecule has 0 radical (unpaired) electrons. The molecule has 1 aromatic carbocycles. The molecule has 30 heavy (non-hydrogen) atoms. The number of aromatic nitrogens is 1. The largest absolute Gasteiger partial charge is 0.497 e. The number of carbonyl (C=O) groups is 1. The Balaban J connectivity index is 1.53. The first kappa shape index (κ1) is 21.7. The molecule has 3 rings (SSSR count). The Morgan fingerprint density at radius 1 is 1.07 bits per heavy atom. The maximum Gasteiger partial charge on any atom is 0.258 e. The number of carbonyl (C=O) groups excluding carboxylic acids is 1. The Bertz CT molecular complexity index is 885. The number of hydrogen-bond donors (Lipinski definition) is 1. The molecule has 0 atom stereocenters. The van der Waals surface area contributed by atoms with E-state index < -0.39 is 0 Å². The maximum atomic E-state index is 12.2. The van der Waals surface area contributed by atoms with E-state index >= 15 is 0 Å². The molecule has 0 bridgehead atoms. The summed E-state index contributed by atoms with van der Waals surface area (Å²) in [5.74, 6) is 1.54. The Labute approximate surface area is 177 Å². The monoisotopic (exact) mass is 414 g/mol. The maximum absolute atomic E-state index is 12.2. The number of nitrogens with zero attached hydrogens (tertiary/aromatic N) is 1. The second-order valence-corrected chi connectivity index (χ2v) is 7.50. The van der Waals surface area contributed by atoms with Crippen LogP contribution in [0.25, 0.3) is 0 Å². The van der Waals surface area contributed by atoms with Crippen molar-refractivity contribution in [1.82, 2.24) is 9.88 Å². The van der Waals surface area contributed by atoms with Crippen molar-refractivity contribution >= 4 is 5.91 Å². The quantitative estimate of drug-likeness (QED) is 0.682. The number of ether oxygens (including phenoxy) is 3. The smallest absolute Gasteiger partial charge is 0.258 e. The van der Waals surface area contributed by atoms with E-state index in [-0.39, 0.29) is 29.7 Å². The van der Waals surface area contributed by atoms with Gasteiger partial charge in [0.05, 0.1) is 19.3 Å². The Morgan fingerprint density at radius 3 is 2.47 bits per heavy atom. The minimum Gasteiger partial charge on any atom is -0.497 e. The van der Waals surface area contributed by atoms with Gasteiger partial charge in [0.15, 0.2) is 12.4 Å².